The molecular weight excluding hydrogens is 430 g/mol. The average Bonchev–Trinajstić information content (AvgIpc) is 3.08. The van der Waals surface area contributed by atoms with Gasteiger partial charge < -0.3 is 9.88 Å². The fourth-order valence-electron chi connectivity index (χ4n) is 3.48. The van der Waals surface area contributed by atoms with E-state index in [1.807, 2.05) is 4.57 Å². The quantitative estimate of drug-likeness (QED) is 0.387. The molecule has 3 rings (SSSR count). The molecule has 0 spiro atoms. The highest BCUT2D eigenvalue weighted by Gasteiger charge is 2.31. The largest absolute Gasteiger partial charge is 0.416 e. The summed E-state index contributed by atoms with van der Waals surface area (Å²) in [5.41, 5.74) is -0.473. The van der Waals surface area contributed by atoms with E-state index in [4.69, 9.17) is 0 Å². The molecule has 0 aliphatic heterocycles. The van der Waals surface area contributed by atoms with Crippen LogP contribution in [0.3, 0.4) is 0 Å². The van der Waals surface area contributed by atoms with Crippen LogP contribution in [0.2, 0.25) is 0 Å². The summed E-state index contributed by atoms with van der Waals surface area (Å²) >= 11 is 1.01. The van der Waals surface area contributed by atoms with Gasteiger partial charge in [0.05, 0.1) is 18.5 Å². The highest BCUT2D eigenvalue weighted by molar-refractivity contribution is 7.99. The molecule has 1 saturated carbocycles. The molecule has 1 aliphatic carbocycles. The first kappa shape index (κ1) is 22.8. The van der Waals surface area contributed by atoms with E-state index in [0.717, 1.165) is 56.0 Å². The molecular formula is C19H22F6N4S. The van der Waals surface area contributed by atoms with Crippen molar-refractivity contribution in [2.75, 3.05) is 11.1 Å². The third kappa shape index (κ3) is 6.29. The Morgan fingerprint density at radius 1 is 1.03 bits per heavy atom. The number of hydrogen-bond donors (Lipinski definition) is 1. The predicted molar refractivity (Wildman–Crippen MR) is 102 cm³/mol. The topological polar surface area (TPSA) is 42.7 Å². The maximum atomic E-state index is 12.9. The third-order valence-electron chi connectivity index (χ3n) is 4.93. The normalized spacial score (nSPS) is 16.1. The molecule has 1 aliphatic rings. The SMILES string of the molecule is FC(F)(F)CCSc1nnc(CNc2cccc(C(F)(F)F)c2)n1C1CCCCC1. The first-order valence-corrected chi connectivity index (χ1v) is 10.7. The summed E-state index contributed by atoms with van der Waals surface area (Å²) in [7, 11) is 0. The molecule has 1 N–H and O–H groups in total. The summed E-state index contributed by atoms with van der Waals surface area (Å²) in [6.07, 6.45) is -4.73. The van der Waals surface area contributed by atoms with Gasteiger partial charge in [0.2, 0.25) is 0 Å². The highest BCUT2D eigenvalue weighted by Crippen LogP contribution is 2.34. The Kier molecular flexibility index (Phi) is 7.20. The monoisotopic (exact) mass is 452 g/mol. The Hall–Kier alpha value is -1.91. The molecule has 4 nitrogen and oxygen atoms in total. The van der Waals surface area contributed by atoms with E-state index < -0.39 is 24.3 Å². The van der Waals surface area contributed by atoms with Crippen molar-refractivity contribution >= 4 is 17.4 Å². The molecule has 0 unspecified atom stereocenters. The van der Waals surface area contributed by atoms with Crippen molar-refractivity contribution in [2.45, 2.75) is 68.6 Å². The maximum Gasteiger partial charge on any atom is 0.416 e. The van der Waals surface area contributed by atoms with Crippen LogP contribution in [0.1, 0.15) is 56.0 Å². The number of halogens is 6. The molecule has 0 bridgehead atoms. The second kappa shape index (κ2) is 9.49. The molecule has 0 atom stereocenters. The zero-order valence-electron chi connectivity index (χ0n) is 16.1. The van der Waals surface area contributed by atoms with Gasteiger partial charge in [-0.2, -0.15) is 26.3 Å². The minimum atomic E-state index is -4.44. The third-order valence-corrected chi connectivity index (χ3v) is 5.88. The number of nitrogens with zero attached hydrogens (tertiary/aromatic N) is 3. The molecule has 1 aromatic carbocycles. The first-order valence-electron chi connectivity index (χ1n) is 9.68. The van der Waals surface area contributed by atoms with Crippen molar-refractivity contribution in [1.29, 1.82) is 0 Å². The van der Waals surface area contributed by atoms with Crippen molar-refractivity contribution in [3.05, 3.63) is 35.7 Å². The van der Waals surface area contributed by atoms with Gasteiger partial charge in [-0.25, -0.2) is 0 Å². The number of benzene rings is 1. The fraction of sp³-hybridized carbons (Fsp3) is 0.579. The minimum Gasteiger partial charge on any atom is -0.378 e. The maximum absolute atomic E-state index is 12.9. The first-order chi connectivity index (χ1) is 14.1. The van der Waals surface area contributed by atoms with Crippen LogP contribution in [0.25, 0.3) is 0 Å². The molecule has 0 amide bonds. The van der Waals surface area contributed by atoms with Crippen molar-refractivity contribution in [1.82, 2.24) is 14.8 Å². The van der Waals surface area contributed by atoms with Crippen LogP contribution in [-0.4, -0.2) is 26.7 Å². The zero-order valence-corrected chi connectivity index (χ0v) is 16.9. The lowest BCUT2D eigenvalue weighted by Gasteiger charge is -2.25. The lowest BCUT2D eigenvalue weighted by molar-refractivity contribution is -0.137. The molecule has 2 aromatic rings. The van der Waals surface area contributed by atoms with Gasteiger partial charge >= 0.3 is 12.4 Å². The van der Waals surface area contributed by atoms with Crippen LogP contribution in [0, 0.1) is 0 Å². The van der Waals surface area contributed by atoms with E-state index in [1.165, 1.54) is 12.1 Å². The van der Waals surface area contributed by atoms with Gasteiger partial charge in [-0.15, -0.1) is 10.2 Å². The van der Waals surface area contributed by atoms with Crippen LogP contribution in [0.5, 0.6) is 0 Å². The lowest BCUT2D eigenvalue weighted by Crippen LogP contribution is -2.18. The summed E-state index contributed by atoms with van der Waals surface area (Å²) in [5.74, 6) is 0.351. The summed E-state index contributed by atoms with van der Waals surface area (Å²) in [6.45, 7) is 0.130. The number of rotatable bonds is 7. The number of nitrogens with one attached hydrogen (secondary N) is 1. The molecule has 1 heterocycles. The van der Waals surface area contributed by atoms with Crippen LogP contribution in [0.4, 0.5) is 32.0 Å². The lowest BCUT2D eigenvalue weighted by atomic mass is 9.95. The van der Waals surface area contributed by atoms with Crippen LogP contribution >= 0.6 is 11.8 Å². The molecule has 11 heteroatoms. The van der Waals surface area contributed by atoms with Gasteiger partial charge in [0.1, 0.15) is 0 Å². The molecule has 0 saturated heterocycles. The number of aromatic nitrogens is 3. The van der Waals surface area contributed by atoms with Gasteiger partial charge in [-0.05, 0) is 31.0 Å². The molecule has 0 radical (unpaired) electrons. The summed E-state index contributed by atoms with van der Waals surface area (Å²) < 4.78 is 78.1. The van der Waals surface area contributed by atoms with Crippen LogP contribution in [-0.2, 0) is 12.7 Å². The van der Waals surface area contributed by atoms with Gasteiger partial charge in [-0.1, -0.05) is 37.1 Å². The van der Waals surface area contributed by atoms with Crippen molar-refractivity contribution in [2.24, 2.45) is 0 Å². The molecule has 166 valence electrons. The van der Waals surface area contributed by atoms with E-state index in [0.29, 0.717) is 11.0 Å². The number of anilines is 1. The van der Waals surface area contributed by atoms with E-state index in [2.05, 4.69) is 15.5 Å². The molecule has 1 aromatic heterocycles. The predicted octanol–water partition coefficient (Wildman–Crippen LogP) is 6.46. The number of thioether (sulfide) groups is 1. The number of alkyl halides is 6. The Morgan fingerprint density at radius 2 is 1.77 bits per heavy atom. The van der Waals surface area contributed by atoms with Crippen LogP contribution in [0.15, 0.2) is 29.4 Å². The summed E-state index contributed by atoms with van der Waals surface area (Å²) in [5, 5.41) is 11.5. The second-order valence-corrected chi connectivity index (χ2v) is 8.27. The average molecular weight is 452 g/mol. The van der Waals surface area contributed by atoms with Gasteiger partial charge in [-0.3, -0.25) is 0 Å². The summed E-state index contributed by atoms with van der Waals surface area (Å²) in [4.78, 5) is 0. The fourth-order valence-corrected chi connectivity index (χ4v) is 4.49. The second-order valence-electron chi connectivity index (χ2n) is 7.21. The minimum absolute atomic E-state index is 0.0837. The Bertz CT molecular complexity index is 827. The van der Waals surface area contributed by atoms with E-state index in [1.54, 1.807) is 0 Å². The number of hydrogen-bond acceptors (Lipinski definition) is 4. The summed E-state index contributed by atoms with van der Waals surface area (Å²) in [6, 6.07) is 4.93. The highest BCUT2D eigenvalue weighted by atomic mass is 32.2. The van der Waals surface area contributed by atoms with E-state index >= 15 is 0 Å². The van der Waals surface area contributed by atoms with Gasteiger partial charge in [0.25, 0.3) is 0 Å². The van der Waals surface area contributed by atoms with Gasteiger partial charge in [0.15, 0.2) is 11.0 Å². The smallest absolute Gasteiger partial charge is 0.378 e. The van der Waals surface area contributed by atoms with Gasteiger partial charge in [0, 0.05) is 17.5 Å². The van der Waals surface area contributed by atoms with E-state index in [-0.39, 0.29) is 24.0 Å². The Labute approximate surface area is 174 Å². The van der Waals surface area contributed by atoms with E-state index in [9.17, 15) is 26.3 Å². The standard InChI is InChI=1S/C19H22F6N4S/c20-18(21,22)9-10-30-17-28-27-16(29(17)15-7-2-1-3-8-15)12-26-14-6-4-5-13(11-14)19(23,24)25/h4-6,11,15,26H,1-3,7-10,12H2. The Balaban J connectivity index is 1.75. The van der Waals surface area contributed by atoms with Crippen molar-refractivity contribution < 1.29 is 26.3 Å². The Morgan fingerprint density at radius 3 is 2.43 bits per heavy atom. The molecule has 30 heavy (non-hydrogen) atoms. The zero-order chi connectivity index (χ0) is 21.8. The van der Waals surface area contributed by atoms with Crippen molar-refractivity contribution in [3.63, 3.8) is 0 Å². The van der Waals surface area contributed by atoms with Crippen LogP contribution < -0.4 is 5.32 Å². The molecule has 1 fully saturated rings. The van der Waals surface area contributed by atoms with Crippen molar-refractivity contribution in [3.8, 4) is 0 Å².